The Balaban J connectivity index is 1.63. The van der Waals surface area contributed by atoms with E-state index in [0.29, 0.717) is 11.9 Å². The summed E-state index contributed by atoms with van der Waals surface area (Å²) in [6.45, 7) is 5.38. The number of fused-ring (bicyclic) bond motifs is 1. The van der Waals surface area contributed by atoms with E-state index in [1.165, 1.54) is 25.9 Å². The predicted octanol–water partition coefficient (Wildman–Crippen LogP) is 0.435. The van der Waals surface area contributed by atoms with E-state index >= 15 is 0 Å². The number of hydrogen-bond donors (Lipinski definition) is 1. The number of carbonyl (C=O) groups excluding carboxylic acids is 1. The van der Waals surface area contributed by atoms with E-state index in [1.54, 1.807) is 0 Å². The highest BCUT2D eigenvalue weighted by molar-refractivity contribution is 5.82. The van der Waals surface area contributed by atoms with Crippen LogP contribution < -0.4 is 5.32 Å². The molecule has 1 amide bonds. The van der Waals surface area contributed by atoms with Crippen LogP contribution in [0.4, 0.5) is 0 Å². The van der Waals surface area contributed by atoms with Crippen LogP contribution in [0.1, 0.15) is 32.1 Å². The summed E-state index contributed by atoms with van der Waals surface area (Å²) < 4.78 is 0. The molecule has 3 aliphatic heterocycles. The normalized spacial score (nSPS) is 34.7. The van der Waals surface area contributed by atoms with Gasteiger partial charge in [-0.25, -0.2) is 0 Å². The highest BCUT2D eigenvalue weighted by atomic mass is 16.2. The molecule has 0 aromatic carbocycles. The Morgan fingerprint density at radius 1 is 1.06 bits per heavy atom. The lowest BCUT2D eigenvalue weighted by molar-refractivity contribution is -0.133. The topological polar surface area (TPSA) is 35.6 Å². The van der Waals surface area contributed by atoms with Crippen LogP contribution in [0.15, 0.2) is 0 Å². The van der Waals surface area contributed by atoms with Gasteiger partial charge in [-0.05, 0) is 45.2 Å². The Bertz CT molecular complexity index is 288. The second-order valence-corrected chi connectivity index (χ2v) is 5.62. The minimum atomic E-state index is 0.114. The lowest BCUT2D eigenvalue weighted by atomic mass is 10.1. The lowest BCUT2D eigenvalue weighted by Crippen LogP contribution is -2.46. The maximum atomic E-state index is 12.4. The molecule has 3 rings (SSSR count). The van der Waals surface area contributed by atoms with Gasteiger partial charge >= 0.3 is 0 Å². The standard InChI is InChI=1S/C13H23N3O/c17-13(12-5-1-6-14-12)16-9-3-8-15-7-2-4-11(15)10-16/h11-12,14H,1-10H2/t11?,12-/m0/s1. The molecule has 4 nitrogen and oxygen atoms in total. The van der Waals surface area contributed by atoms with E-state index in [4.69, 9.17) is 0 Å². The van der Waals surface area contributed by atoms with Crippen molar-refractivity contribution < 1.29 is 4.79 Å². The lowest BCUT2D eigenvalue weighted by Gasteiger charge is -2.27. The van der Waals surface area contributed by atoms with Crippen LogP contribution >= 0.6 is 0 Å². The van der Waals surface area contributed by atoms with Crippen molar-refractivity contribution >= 4 is 5.91 Å². The average Bonchev–Trinajstić information content (AvgIpc) is 2.96. The smallest absolute Gasteiger partial charge is 0.239 e. The molecule has 0 aromatic heterocycles. The highest BCUT2D eigenvalue weighted by Crippen LogP contribution is 2.22. The molecule has 3 aliphatic rings. The van der Waals surface area contributed by atoms with Crippen LogP contribution in [0, 0.1) is 0 Å². The van der Waals surface area contributed by atoms with Gasteiger partial charge in [-0.2, -0.15) is 0 Å². The van der Waals surface area contributed by atoms with E-state index in [-0.39, 0.29) is 6.04 Å². The first-order valence-corrected chi connectivity index (χ1v) is 7.11. The Hall–Kier alpha value is -0.610. The average molecular weight is 237 g/mol. The van der Waals surface area contributed by atoms with Crippen molar-refractivity contribution in [1.82, 2.24) is 15.1 Å². The van der Waals surface area contributed by atoms with E-state index in [2.05, 4.69) is 15.1 Å². The molecule has 3 fully saturated rings. The second-order valence-electron chi connectivity index (χ2n) is 5.62. The van der Waals surface area contributed by atoms with Crippen LogP contribution in [0.25, 0.3) is 0 Å². The number of rotatable bonds is 1. The van der Waals surface area contributed by atoms with Crippen LogP contribution in [-0.4, -0.2) is 60.5 Å². The molecule has 0 bridgehead atoms. The zero-order valence-corrected chi connectivity index (χ0v) is 10.5. The van der Waals surface area contributed by atoms with Crippen molar-refractivity contribution in [2.24, 2.45) is 0 Å². The van der Waals surface area contributed by atoms with Crippen molar-refractivity contribution in [2.45, 2.75) is 44.2 Å². The summed E-state index contributed by atoms with van der Waals surface area (Å²) in [5, 5.41) is 3.33. The maximum Gasteiger partial charge on any atom is 0.239 e. The van der Waals surface area contributed by atoms with Gasteiger partial charge in [-0.1, -0.05) is 0 Å². The third-order valence-electron chi connectivity index (χ3n) is 4.47. The van der Waals surface area contributed by atoms with Crippen LogP contribution in [0.5, 0.6) is 0 Å². The summed E-state index contributed by atoms with van der Waals surface area (Å²) in [6.07, 6.45) is 5.93. The summed E-state index contributed by atoms with van der Waals surface area (Å²) >= 11 is 0. The van der Waals surface area contributed by atoms with Gasteiger partial charge in [0.15, 0.2) is 0 Å². The van der Waals surface area contributed by atoms with Gasteiger partial charge in [0, 0.05) is 25.7 Å². The molecule has 0 spiro atoms. The van der Waals surface area contributed by atoms with E-state index in [0.717, 1.165) is 38.9 Å². The fourth-order valence-corrected chi connectivity index (χ4v) is 3.52. The second kappa shape index (κ2) is 4.94. The highest BCUT2D eigenvalue weighted by Gasteiger charge is 2.33. The maximum absolute atomic E-state index is 12.4. The van der Waals surface area contributed by atoms with Crippen molar-refractivity contribution in [3.63, 3.8) is 0 Å². The van der Waals surface area contributed by atoms with E-state index in [9.17, 15) is 4.79 Å². The Morgan fingerprint density at radius 2 is 1.94 bits per heavy atom. The molecule has 0 saturated carbocycles. The molecule has 0 aliphatic carbocycles. The molecule has 4 heteroatoms. The molecule has 0 aromatic rings. The minimum absolute atomic E-state index is 0.114. The molecule has 3 heterocycles. The summed E-state index contributed by atoms with van der Waals surface area (Å²) in [5.74, 6) is 0.358. The predicted molar refractivity (Wildman–Crippen MR) is 66.8 cm³/mol. The molecule has 2 atom stereocenters. The van der Waals surface area contributed by atoms with E-state index in [1.807, 2.05) is 0 Å². The first kappa shape index (κ1) is 11.5. The van der Waals surface area contributed by atoms with Gasteiger partial charge < -0.3 is 10.2 Å². The number of hydrogen-bond acceptors (Lipinski definition) is 3. The fraction of sp³-hybridized carbons (Fsp3) is 0.923. The van der Waals surface area contributed by atoms with Crippen LogP contribution in [-0.2, 0) is 4.79 Å². The zero-order chi connectivity index (χ0) is 11.7. The molecule has 1 N–H and O–H groups in total. The van der Waals surface area contributed by atoms with Crippen LogP contribution in [0.2, 0.25) is 0 Å². The molecule has 0 radical (unpaired) electrons. The summed E-state index contributed by atoms with van der Waals surface area (Å²) in [4.78, 5) is 17.1. The SMILES string of the molecule is O=C([C@@H]1CCCN1)N1CCCN2CCCC2C1. The minimum Gasteiger partial charge on any atom is -0.340 e. The molecule has 96 valence electrons. The third-order valence-corrected chi connectivity index (χ3v) is 4.47. The quantitative estimate of drug-likeness (QED) is 0.718. The first-order chi connectivity index (χ1) is 8.34. The van der Waals surface area contributed by atoms with Crippen molar-refractivity contribution in [3.8, 4) is 0 Å². The summed E-state index contributed by atoms with van der Waals surface area (Å²) in [5.41, 5.74) is 0. The van der Waals surface area contributed by atoms with E-state index < -0.39 is 0 Å². The van der Waals surface area contributed by atoms with Crippen molar-refractivity contribution in [3.05, 3.63) is 0 Å². The number of nitrogens with zero attached hydrogens (tertiary/aromatic N) is 2. The Morgan fingerprint density at radius 3 is 2.76 bits per heavy atom. The van der Waals surface area contributed by atoms with Gasteiger partial charge in [0.05, 0.1) is 6.04 Å². The molecular weight excluding hydrogens is 214 g/mol. The Labute approximate surface area is 103 Å². The van der Waals surface area contributed by atoms with Gasteiger partial charge in [0.1, 0.15) is 0 Å². The van der Waals surface area contributed by atoms with Gasteiger partial charge in [-0.15, -0.1) is 0 Å². The van der Waals surface area contributed by atoms with Crippen LogP contribution in [0.3, 0.4) is 0 Å². The monoisotopic (exact) mass is 237 g/mol. The third kappa shape index (κ3) is 2.33. The molecule has 1 unspecified atom stereocenters. The molecular formula is C13H23N3O. The summed E-state index contributed by atoms with van der Waals surface area (Å²) in [7, 11) is 0. The van der Waals surface area contributed by atoms with Gasteiger partial charge in [0.25, 0.3) is 0 Å². The van der Waals surface area contributed by atoms with Gasteiger partial charge in [-0.3, -0.25) is 9.69 Å². The number of carbonyl (C=O) groups is 1. The summed E-state index contributed by atoms with van der Waals surface area (Å²) in [6, 6.07) is 0.755. The zero-order valence-electron chi connectivity index (χ0n) is 10.5. The van der Waals surface area contributed by atoms with Crippen molar-refractivity contribution in [1.29, 1.82) is 0 Å². The Kier molecular flexibility index (Phi) is 3.34. The van der Waals surface area contributed by atoms with Gasteiger partial charge in [0.2, 0.25) is 5.91 Å². The molecule has 3 saturated heterocycles. The number of nitrogens with one attached hydrogen (secondary N) is 1. The first-order valence-electron chi connectivity index (χ1n) is 7.11. The largest absolute Gasteiger partial charge is 0.340 e. The molecule has 17 heavy (non-hydrogen) atoms. The van der Waals surface area contributed by atoms with Crippen molar-refractivity contribution in [2.75, 3.05) is 32.7 Å². The fourth-order valence-electron chi connectivity index (χ4n) is 3.52. The number of amides is 1.